The van der Waals surface area contributed by atoms with Crippen LogP contribution < -0.4 is 5.32 Å². The van der Waals surface area contributed by atoms with Crippen molar-refractivity contribution in [1.29, 1.82) is 0 Å². The zero-order valence-corrected chi connectivity index (χ0v) is 8.33. The molecule has 0 saturated carbocycles. The van der Waals surface area contributed by atoms with Gasteiger partial charge in [0, 0.05) is 23.5 Å². The maximum absolute atomic E-state index is 9.46. The number of aromatic amines is 1. The Balaban J connectivity index is 2.13. The Morgan fingerprint density at radius 2 is 2.33 bits per heavy atom. The van der Waals surface area contributed by atoms with Crippen molar-refractivity contribution < 1.29 is 5.11 Å². The van der Waals surface area contributed by atoms with Crippen molar-refractivity contribution in [3.63, 3.8) is 0 Å². The third-order valence-corrected chi connectivity index (χ3v) is 3.04. The number of phenols is 1. The van der Waals surface area contributed by atoms with Gasteiger partial charge in [-0.05, 0) is 31.2 Å². The SMILES string of the molecule is Oc1ccc2n[nH]c(C3CCNC3)c2c1. The van der Waals surface area contributed by atoms with E-state index in [0.717, 1.165) is 36.1 Å². The standard InChI is InChI=1S/C11H13N3O/c15-8-1-2-10-9(5-8)11(14-13-10)7-3-4-12-6-7/h1-2,5,7,12,15H,3-4,6H2,(H,13,14). The first-order valence-electron chi connectivity index (χ1n) is 5.22. The van der Waals surface area contributed by atoms with E-state index in [1.807, 2.05) is 6.07 Å². The topological polar surface area (TPSA) is 60.9 Å². The normalized spacial score (nSPS) is 21.2. The number of nitrogens with one attached hydrogen (secondary N) is 2. The van der Waals surface area contributed by atoms with E-state index in [1.165, 1.54) is 0 Å². The minimum absolute atomic E-state index is 0.302. The van der Waals surface area contributed by atoms with E-state index in [-0.39, 0.29) is 0 Å². The summed E-state index contributed by atoms with van der Waals surface area (Å²) in [5, 5.41) is 21.2. The minimum Gasteiger partial charge on any atom is -0.508 e. The molecule has 3 N–H and O–H groups in total. The lowest BCUT2D eigenvalue weighted by atomic mass is 10.0. The van der Waals surface area contributed by atoms with Crippen LogP contribution >= 0.6 is 0 Å². The molecule has 0 bridgehead atoms. The Labute approximate surface area is 87.3 Å². The van der Waals surface area contributed by atoms with Crippen LogP contribution in [0.15, 0.2) is 18.2 Å². The molecule has 1 saturated heterocycles. The number of H-pyrrole nitrogens is 1. The van der Waals surface area contributed by atoms with E-state index in [2.05, 4.69) is 15.5 Å². The van der Waals surface area contributed by atoms with Gasteiger partial charge in [0.05, 0.1) is 5.52 Å². The van der Waals surface area contributed by atoms with E-state index in [1.54, 1.807) is 12.1 Å². The highest BCUT2D eigenvalue weighted by atomic mass is 16.3. The molecular weight excluding hydrogens is 190 g/mol. The number of phenolic OH excluding ortho intramolecular Hbond substituents is 1. The van der Waals surface area contributed by atoms with Crippen molar-refractivity contribution in [1.82, 2.24) is 15.5 Å². The smallest absolute Gasteiger partial charge is 0.116 e. The number of hydrogen-bond acceptors (Lipinski definition) is 3. The van der Waals surface area contributed by atoms with Crippen LogP contribution in [-0.2, 0) is 0 Å². The second-order valence-electron chi connectivity index (χ2n) is 4.03. The molecule has 0 aliphatic carbocycles. The Kier molecular flexibility index (Phi) is 1.89. The molecule has 1 aromatic heterocycles. The van der Waals surface area contributed by atoms with Gasteiger partial charge in [-0.25, -0.2) is 0 Å². The van der Waals surface area contributed by atoms with Crippen LogP contribution in [0, 0.1) is 0 Å². The molecule has 15 heavy (non-hydrogen) atoms. The summed E-state index contributed by atoms with van der Waals surface area (Å²) >= 11 is 0. The fourth-order valence-electron chi connectivity index (χ4n) is 2.23. The van der Waals surface area contributed by atoms with Crippen LogP contribution in [0.3, 0.4) is 0 Å². The summed E-state index contributed by atoms with van der Waals surface area (Å²) in [6.45, 7) is 2.05. The van der Waals surface area contributed by atoms with Gasteiger partial charge in [0.2, 0.25) is 0 Å². The number of rotatable bonds is 1. The highest BCUT2D eigenvalue weighted by Gasteiger charge is 2.20. The maximum Gasteiger partial charge on any atom is 0.116 e. The molecule has 1 aliphatic rings. The number of benzene rings is 1. The third-order valence-electron chi connectivity index (χ3n) is 3.04. The van der Waals surface area contributed by atoms with Crippen LogP contribution in [0.25, 0.3) is 10.9 Å². The lowest BCUT2D eigenvalue weighted by Crippen LogP contribution is -2.08. The van der Waals surface area contributed by atoms with E-state index >= 15 is 0 Å². The van der Waals surface area contributed by atoms with Crippen molar-refractivity contribution in [2.24, 2.45) is 0 Å². The van der Waals surface area contributed by atoms with E-state index in [9.17, 15) is 5.11 Å². The molecule has 1 aromatic carbocycles. The van der Waals surface area contributed by atoms with Gasteiger partial charge < -0.3 is 10.4 Å². The molecule has 0 radical (unpaired) electrons. The first-order chi connectivity index (χ1) is 7.34. The fraction of sp³-hybridized carbons (Fsp3) is 0.364. The quantitative estimate of drug-likeness (QED) is 0.655. The number of hydrogen-bond donors (Lipinski definition) is 3. The predicted octanol–water partition coefficient (Wildman–Crippen LogP) is 1.35. The molecule has 2 heterocycles. The molecule has 0 spiro atoms. The Morgan fingerprint density at radius 1 is 1.40 bits per heavy atom. The lowest BCUT2D eigenvalue weighted by Gasteiger charge is -2.05. The summed E-state index contributed by atoms with van der Waals surface area (Å²) in [6, 6.07) is 5.29. The molecule has 0 amide bonds. The maximum atomic E-state index is 9.46. The van der Waals surface area contributed by atoms with E-state index in [0.29, 0.717) is 11.7 Å². The van der Waals surface area contributed by atoms with E-state index < -0.39 is 0 Å². The van der Waals surface area contributed by atoms with Crippen LogP contribution in [0.1, 0.15) is 18.0 Å². The first-order valence-corrected chi connectivity index (χ1v) is 5.22. The second kappa shape index (κ2) is 3.24. The third kappa shape index (κ3) is 1.37. The highest BCUT2D eigenvalue weighted by Crippen LogP contribution is 2.29. The average Bonchev–Trinajstić information content (AvgIpc) is 2.83. The van der Waals surface area contributed by atoms with Gasteiger partial charge in [-0.1, -0.05) is 0 Å². The number of aromatic nitrogens is 2. The number of nitrogens with zero attached hydrogens (tertiary/aromatic N) is 1. The van der Waals surface area contributed by atoms with Gasteiger partial charge in [-0.2, -0.15) is 5.10 Å². The Hall–Kier alpha value is -1.55. The molecular formula is C11H13N3O. The summed E-state index contributed by atoms with van der Waals surface area (Å²) in [5.74, 6) is 0.799. The number of aromatic hydroxyl groups is 1. The van der Waals surface area contributed by atoms with Gasteiger partial charge in [0.1, 0.15) is 5.75 Å². The van der Waals surface area contributed by atoms with Crippen molar-refractivity contribution in [3.8, 4) is 5.75 Å². The van der Waals surface area contributed by atoms with Crippen molar-refractivity contribution in [2.75, 3.05) is 13.1 Å². The molecule has 4 nitrogen and oxygen atoms in total. The monoisotopic (exact) mass is 203 g/mol. The van der Waals surface area contributed by atoms with Gasteiger partial charge >= 0.3 is 0 Å². The second-order valence-corrected chi connectivity index (χ2v) is 4.03. The lowest BCUT2D eigenvalue weighted by molar-refractivity contribution is 0.476. The van der Waals surface area contributed by atoms with Gasteiger partial charge in [-0.15, -0.1) is 0 Å². The van der Waals surface area contributed by atoms with E-state index in [4.69, 9.17) is 0 Å². The van der Waals surface area contributed by atoms with Crippen molar-refractivity contribution in [2.45, 2.75) is 12.3 Å². The molecule has 78 valence electrons. The summed E-state index contributed by atoms with van der Waals surface area (Å²) in [7, 11) is 0. The van der Waals surface area contributed by atoms with Crippen LogP contribution in [0.2, 0.25) is 0 Å². The largest absolute Gasteiger partial charge is 0.508 e. The molecule has 1 fully saturated rings. The molecule has 1 atom stereocenters. The van der Waals surface area contributed by atoms with Crippen molar-refractivity contribution >= 4 is 10.9 Å². The number of fused-ring (bicyclic) bond motifs is 1. The van der Waals surface area contributed by atoms with Gasteiger partial charge in [-0.3, -0.25) is 5.10 Å². The molecule has 1 unspecified atom stereocenters. The molecule has 2 aromatic rings. The highest BCUT2D eigenvalue weighted by molar-refractivity contribution is 5.83. The Morgan fingerprint density at radius 3 is 3.13 bits per heavy atom. The summed E-state index contributed by atoms with van der Waals surface area (Å²) in [5.41, 5.74) is 2.07. The zero-order valence-electron chi connectivity index (χ0n) is 8.33. The van der Waals surface area contributed by atoms with Gasteiger partial charge in [0.25, 0.3) is 0 Å². The fourth-order valence-corrected chi connectivity index (χ4v) is 2.23. The van der Waals surface area contributed by atoms with Gasteiger partial charge in [0.15, 0.2) is 0 Å². The zero-order chi connectivity index (χ0) is 10.3. The molecule has 4 heteroatoms. The predicted molar refractivity (Wildman–Crippen MR) is 58.0 cm³/mol. The molecule has 1 aliphatic heterocycles. The van der Waals surface area contributed by atoms with Crippen LogP contribution in [-0.4, -0.2) is 28.4 Å². The summed E-state index contributed by atoms with van der Waals surface area (Å²) in [4.78, 5) is 0. The van der Waals surface area contributed by atoms with Crippen LogP contribution in [0.5, 0.6) is 5.75 Å². The minimum atomic E-state index is 0.302. The van der Waals surface area contributed by atoms with Crippen LogP contribution in [0.4, 0.5) is 0 Å². The summed E-state index contributed by atoms with van der Waals surface area (Å²) < 4.78 is 0. The molecule has 3 rings (SSSR count). The first kappa shape index (κ1) is 8.73. The average molecular weight is 203 g/mol. The van der Waals surface area contributed by atoms with Crippen molar-refractivity contribution in [3.05, 3.63) is 23.9 Å². The Bertz CT molecular complexity index is 486. The summed E-state index contributed by atoms with van der Waals surface area (Å²) in [6.07, 6.45) is 1.13.